The minimum atomic E-state index is 0.527. The monoisotopic (exact) mass is 259 g/mol. The van der Waals surface area contributed by atoms with Crippen LogP contribution in [0.1, 0.15) is 5.56 Å². The van der Waals surface area contributed by atoms with Gasteiger partial charge in [0, 0.05) is 17.6 Å². The molecule has 0 unspecified atom stereocenters. The molecule has 1 rings (SSSR count). The van der Waals surface area contributed by atoms with Crippen LogP contribution in [0, 0.1) is 0 Å². The van der Waals surface area contributed by atoms with Crippen molar-refractivity contribution in [3.05, 3.63) is 22.7 Å². The van der Waals surface area contributed by atoms with E-state index in [0.29, 0.717) is 36.3 Å². The van der Waals surface area contributed by atoms with Gasteiger partial charge in [0.15, 0.2) is 11.5 Å². The van der Waals surface area contributed by atoms with E-state index >= 15 is 0 Å². The van der Waals surface area contributed by atoms with E-state index in [1.165, 1.54) is 0 Å². The van der Waals surface area contributed by atoms with Crippen molar-refractivity contribution in [2.45, 2.75) is 6.42 Å². The first-order chi connectivity index (χ1) is 8.22. The zero-order valence-electron chi connectivity index (χ0n) is 10.2. The first-order valence-electron chi connectivity index (χ1n) is 5.41. The van der Waals surface area contributed by atoms with Gasteiger partial charge in [-0.3, -0.25) is 0 Å². The van der Waals surface area contributed by atoms with E-state index in [2.05, 4.69) is 0 Å². The Hall–Kier alpha value is -0.970. The molecule has 4 nitrogen and oxygen atoms in total. The van der Waals surface area contributed by atoms with Crippen LogP contribution >= 0.6 is 11.6 Å². The summed E-state index contributed by atoms with van der Waals surface area (Å²) in [6, 6.07) is 3.62. The lowest BCUT2D eigenvalue weighted by Crippen LogP contribution is -2.10. The maximum atomic E-state index is 6.13. The molecule has 17 heavy (non-hydrogen) atoms. The topological polar surface area (TPSA) is 53.7 Å². The molecule has 0 heterocycles. The molecule has 0 atom stereocenters. The van der Waals surface area contributed by atoms with Crippen LogP contribution in [0.25, 0.3) is 0 Å². The first-order valence-corrected chi connectivity index (χ1v) is 5.79. The third kappa shape index (κ3) is 4.07. The number of benzene rings is 1. The minimum Gasteiger partial charge on any atom is -0.493 e. The van der Waals surface area contributed by atoms with Gasteiger partial charge in [0.25, 0.3) is 0 Å². The van der Waals surface area contributed by atoms with E-state index in [4.69, 9.17) is 31.5 Å². The Bertz CT molecular complexity index is 358. The van der Waals surface area contributed by atoms with Gasteiger partial charge >= 0.3 is 0 Å². The molecule has 0 saturated heterocycles. The van der Waals surface area contributed by atoms with Crippen LogP contribution in [-0.4, -0.2) is 34.0 Å². The Morgan fingerprint density at radius 2 is 1.76 bits per heavy atom. The van der Waals surface area contributed by atoms with Crippen LogP contribution in [0.15, 0.2) is 12.1 Å². The Kier molecular flexibility index (Phi) is 6.11. The highest BCUT2D eigenvalue weighted by atomic mass is 35.5. The van der Waals surface area contributed by atoms with Gasteiger partial charge in [-0.05, 0) is 18.1 Å². The number of rotatable bonds is 7. The molecule has 0 aromatic heterocycles. The molecule has 2 N–H and O–H groups in total. The normalized spacial score (nSPS) is 10.4. The summed E-state index contributed by atoms with van der Waals surface area (Å²) in [6.07, 6.45) is 0.721. The summed E-state index contributed by atoms with van der Waals surface area (Å²) in [5.41, 5.74) is 6.31. The van der Waals surface area contributed by atoms with Gasteiger partial charge in [-0.25, -0.2) is 0 Å². The molecule has 0 amide bonds. The highest BCUT2D eigenvalue weighted by Crippen LogP contribution is 2.33. The second kappa shape index (κ2) is 7.37. The molecule has 0 aliphatic rings. The summed E-state index contributed by atoms with van der Waals surface area (Å²) in [5, 5.41) is 0.652. The second-order valence-electron chi connectivity index (χ2n) is 3.45. The van der Waals surface area contributed by atoms with E-state index in [1.54, 1.807) is 20.3 Å². The average molecular weight is 260 g/mol. The van der Waals surface area contributed by atoms with E-state index in [9.17, 15) is 0 Å². The van der Waals surface area contributed by atoms with Crippen molar-refractivity contribution in [2.75, 3.05) is 34.0 Å². The molecule has 0 spiro atoms. The van der Waals surface area contributed by atoms with E-state index in [-0.39, 0.29) is 0 Å². The molecule has 0 bridgehead atoms. The molecule has 1 aromatic carbocycles. The SMILES string of the molecule is COc1cc(Cl)c(CCOCCN)cc1OC. The van der Waals surface area contributed by atoms with Gasteiger partial charge in [-0.15, -0.1) is 0 Å². The van der Waals surface area contributed by atoms with Crippen LogP contribution in [0.3, 0.4) is 0 Å². The molecule has 96 valence electrons. The number of hydrogen-bond donors (Lipinski definition) is 1. The molecule has 5 heteroatoms. The maximum Gasteiger partial charge on any atom is 0.162 e. The number of halogens is 1. The smallest absolute Gasteiger partial charge is 0.162 e. The predicted octanol–water partition coefficient (Wildman–Crippen LogP) is 1.88. The molecule has 1 aromatic rings. The van der Waals surface area contributed by atoms with Crippen LogP contribution in [0.2, 0.25) is 5.02 Å². The summed E-state index contributed by atoms with van der Waals surface area (Å²) in [7, 11) is 3.18. The lowest BCUT2D eigenvalue weighted by molar-refractivity contribution is 0.144. The van der Waals surface area contributed by atoms with Crippen LogP contribution < -0.4 is 15.2 Å². The fraction of sp³-hybridized carbons (Fsp3) is 0.500. The Morgan fingerprint density at radius 1 is 1.12 bits per heavy atom. The van der Waals surface area contributed by atoms with Gasteiger partial charge < -0.3 is 19.9 Å². The van der Waals surface area contributed by atoms with Crippen LogP contribution in [0.5, 0.6) is 11.5 Å². The molecule has 0 aliphatic heterocycles. The van der Waals surface area contributed by atoms with Crippen LogP contribution in [-0.2, 0) is 11.2 Å². The summed E-state index contributed by atoms with van der Waals surface area (Å²) in [6.45, 7) is 1.68. The number of ether oxygens (including phenoxy) is 3. The Labute approximate surface area is 107 Å². The zero-order chi connectivity index (χ0) is 12.7. The van der Waals surface area contributed by atoms with Crippen molar-refractivity contribution in [2.24, 2.45) is 5.73 Å². The van der Waals surface area contributed by atoms with E-state index < -0.39 is 0 Å². The lowest BCUT2D eigenvalue weighted by Gasteiger charge is -2.11. The highest BCUT2D eigenvalue weighted by Gasteiger charge is 2.09. The third-order valence-electron chi connectivity index (χ3n) is 2.33. The van der Waals surface area contributed by atoms with E-state index in [0.717, 1.165) is 12.0 Å². The summed E-state index contributed by atoms with van der Waals surface area (Å²) in [4.78, 5) is 0. The Balaban J connectivity index is 2.71. The summed E-state index contributed by atoms with van der Waals surface area (Å²) in [5.74, 6) is 1.30. The van der Waals surface area contributed by atoms with Gasteiger partial charge in [0.05, 0.1) is 27.4 Å². The van der Waals surface area contributed by atoms with Crippen molar-refractivity contribution in [1.29, 1.82) is 0 Å². The van der Waals surface area contributed by atoms with Crippen molar-refractivity contribution in [3.63, 3.8) is 0 Å². The zero-order valence-corrected chi connectivity index (χ0v) is 10.9. The maximum absolute atomic E-state index is 6.13. The number of nitrogens with two attached hydrogens (primary N) is 1. The Morgan fingerprint density at radius 3 is 2.35 bits per heavy atom. The van der Waals surface area contributed by atoms with Gasteiger partial charge in [-0.2, -0.15) is 0 Å². The standard InChI is InChI=1S/C12H18ClNO3/c1-15-11-7-9(3-5-17-6-4-14)10(13)8-12(11)16-2/h7-8H,3-6,14H2,1-2H3. The third-order valence-corrected chi connectivity index (χ3v) is 2.68. The van der Waals surface area contributed by atoms with E-state index in [1.807, 2.05) is 6.07 Å². The minimum absolute atomic E-state index is 0.527. The molecule has 0 saturated carbocycles. The van der Waals surface area contributed by atoms with Crippen molar-refractivity contribution >= 4 is 11.6 Å². The number of hydrogen-bond acceptors (Lipinski definition) is 4. The highest BCUT2D eigenvalue weighted by molar-refractivity contribution is 6.31. The molecule has 0 radical (unpaired) electrons. The van der Waals surface area contributed by atoms with Gasteiger partial charge in [-0.1, -0.05) is 11.6 Å². The largest absolute Gasteiger partial charge is 0.493 e. The second-order valence-corrected chi connectivity index (χ2v) is 3.86. The van der Waals surface area contributed by atoms with Crippen molar-refractivity contribution in [1.82, 2.24) is 0 Å². The molecule has 0 aliphatic carbocycles. The molecular weight excluding hydrogens is 242 g/mol. The molecule has 0 fully saturated rings. The lowest BCUT2D eigenvalue weighted by atomic mass is 10.1. The predicted molar refractivity (Wildman–Crippen MR) is 68.1 cm³/mol. The number of methoxy groups -OCH3 is 2. The van der Waals surface area contributed by atoms with Crippen molar-refractivity contribution in [3.8, 4) is 11.5 Å². The fourth-order valence-electron chi connectivity index (χ4n) is 1.46. The summed E-state index contributed by atoms with van der Waals surface area (Å²) >= 11 is 6.13. The first kappa shape index (κ1) is 14.1. The quantitative estimate of drug-likeness (QED) is 0.760. The van der Waals surface area contributed by atoms with Gasteiger partial charge in [0.1, 0.15) is 0 Å². The van der Waals surface area contributed by atoms with Crippen LogP contribution in [0.4, 0.5) is 0 Å². The van der Waals surface area contributed by atoms with Gasteiger partial charge in [0.2, 0.25) is 0 Å². The van der Waals surface area contributed by atoms with Crippen molar-refractivity contribution < 1.29 is 14.2 Å². The summed E-state index contributed by atoms with van der Waals surface area (Å²) < 4.78 is 15.7. The molecular formula is C12H18ClNO3. The fourth-order valence-corrected chi connectivity index (χ4v) is 1.70. The average Bonchev–Trinajstić information content (AvgIpc) is 2.35.